The van der Waals surface area contributed by atoms with Gasteiger partial charge in [-0.05, 0) is 56.6 Å². The van der Waals surface area contributed by atoms with Gasteiger partial charge in [0.15, 0.2) is 0 Å². The molecule has 0 unspecified atom stereocenters. The lowest BCUT2D eigenvalue weighted by Crippen LogP contribution is -2.31. The van der Waals surface area contributed by atoms with Crippen LogP contribution in [0.3, 0.4) is 0 Å². The monoisotopic (exact) mass is 378 g/mol. The number of hydrogen-bond donors (Lipinski definition) is 0. The van der Waals surface area contributed by atoms with Gasteiger partial charge in [0.05, 0.1) is 12.3 Å². The van der Waals surface area contributed by atoms with Gasteiger partial charge in [0.1, 0.15) is 10.8 Å². The second-order valence-electron chi connectivity index (χ2n) is 7.03. The number of benzene rings is 2. The summed E-state index contributed by atoms with van der Waals surface area (Å²) in [5.74, 6) is 0.941. The van der Waals surface area contributed by atoms with Gasteiger partial charge in [0.25, 0.3) is 0 Å². The molecule has 0 spiro atoms. The maximum Gasteiger partial charge on any atom is 0.124 e. The van der Waals surface area contributed by atoms with Gasteiger partial charge in [-0.2, -0.15) is 0 Å². The highest BCUT2D eigenvalue weighted by Gasteiger charge is 2.09. The quantitative estimate of drug-likeness (QED) is 0.491. The van der Waals surface area contributed by atoms with E-state index in [4.69, 9.17) is 9.72 Å². The van der Waals surface area contributed by atoms with E-state index in [0.717, 1.165) is 41.6 Å². The Kier molecular flexibility index (Phi) is 6.17. The van der Waals surface area contributed by atoms with E-state index < -0.39 is 0 Å². The van der Waals surface area contributed by atoms with E-state index in [0.29, 0.717) is 0 Å². The van der Waals surface area contributed by atoms with Crippen LogP contribution in [0, 0.1) is 0 Å². The molecular formula is C23H26N2OS. The Morgan fingerprint density at radius 1 is 0.889 bits per heavy atom. The van der Waals surface area contributed by atoms with Crippen molar-refractivity contribution < 1.29 is 4.74 Å². The average Bonchev–Trinajstić information content (AvgIpc) is 3.23. The summed E-state index contributed by atoms with van der Waals surface area (Å²) in [4.78, 5) is 7.34. The Labute approximate surface area is 165 Å². The Morgan fingerprint density at radius 3 is 2.44 bits per heavy atom. The van der Waals surface area contributed by atoms with Gasteiger partial charge >= 0.3 is 0 Å². The molecule has 0 amide bonds. The van der Waals surface area contributed by atoms with E-state index in [1.807, 2.05) is 18.2 Å². The van der Waals surface area contributed by atoms with Crippen LogP contribution in [0.25, 0.3) is 21.8 Å². The summed E-state index contributed by atoms with van der Waals surface area (Å²) >= 11 is 1.69. The van der Waals surface area contributed by atoms with Crippen molar-refractivity contribution >= 4 is 11.3 Å². The summed E-state index contributed by atoms with van der Waals surface area (Å²) in [6, 6.07) is 18.6. The Morgan fingerprint density at radius 2 is 1.67 bits per heavy atom. The molecule has 27 heavy (non-hydrogen) atoms. The van der Waals surface area contributed by atoms with E-state index in [1.165, 1.54) is 37.9 Å². The van der Waals surface area contributed by atoms with Crippen molar-refractivity contribution in [1.82, 2.24) is 9.88 Å². The molecule has 4 heteroatoms. The van der Waals surface area contributed by atoms with Gasteiger partial charge in [-0.25, -0.2) is 4.98 Å². The van der Waals surface area contributed by atoms with Crippen molar-refractivity contribution in [3.05, 3.63) is 60.0 Å². The fourth-order valence-corrected chi connectivity index (χ4v) is 4.34. The predicted octanol–water partition coefficient (Wildman–Crippen LogP) is 5.73. The highest BCUT2D eigenvalue weighted by molar-refractivity contribution is 7.13. The number of piperidine rings is 1. The summed E-state index contributed by atoms with van der Waals surface area (Å²) in [7, 11) is 0. The van der Waals surface area contributed by atoms with Gasteiger partial charge in [-0.1, -0.05) is 36.8 Å². The van der Waals surface area contributed by atoms with Crippen LogP contribution in [-0.2, 0) is 0 Å². The molecule has 1 aromatic heterocycles. The summed E-state index contributed by atoms with van der Waals surface area (Å²) in [5, 5.41) is 3.18. The van der Waals surface area contributed by atoms with Crippen LogP contribution in [0.5, 0.6) is 5.75 Å². The number of likely N-dealkylation sites (tertiary alicyclic amines) is 1. The molecule has 2 aromatic carbocycles. The van der Waals surface area contributed by atoms with Gasteiger partial charge in [0.2, 0.25) is 0 Å². The van der Waals surface area contributed by atoms with Crippen molar-refractivity contribution in [2.75, 3.05) is 26.2 Å². The summed E-state index contributed by atoms with van der Waals surface area (Å²) in [6.07, 6.45) is 5.19. The number of aromatic nitrogens is 1. The lowest BCUT2D eigenvalue weighted by molar-refractivity contribution is 0.205. The summed E-state index contributed by atoms with van der Waals surface area (Å²) in [6.45, 7) is 4.45. The summed E-state index contributed by atoms with van der Waals surface area (Å²) < 4.78 is 5.92. The molecule has 4 rings (SSSR count). The van der Waals surface area contributed by atoms with Crippen molar-refractivity contribution in [3.63, 3.8) is 0 Å². The SMILES string of the molecule is c1ccc(-c2nc(-c3ccc(OCCCN4CCCCC4)cc3)cs2)cc1. The molecule has 1 saturated heterocycles. The third-order valence-corrected chi connectivity index (χ3v) is 5.90. The van der Waals surface area contributed by atoms with E-state index in [9.17, 15) is 0 Å². The molecule has 3 aromatic rings. The molecule has 0 saturated carbocycles. The number of thiazole rings is 1. The van der Waals surface area contributed by atoms with Crippen LogP contribution >= 0.6 is 11.3 Å². The molecule has 0 N–H and O–H groups in total. The van der Waals surface area contributed by atoms with Crippen molar-refractivity contribution in [3.8, 4) is 27.6 Å². The van der Waals surface area contributed by atoms with Gasteiger partial charge < -0.3 is 9.64 Å². The maximum absolute atomic E-state index is 5.92. The van der Waals surface area contributed by atoms with Crippen LogP contribution in [0.4, 0.5) is 0 Å². The second-order valence-corrected chi connectivity index (χ2v) is 7.89. The molecule has 0 aliphatic carbocycles. The van der Waals surface area contributed by atoms with Crippen molar-refractivity contribution in [1.29, 1.82) is 0 Å². The topological polar surface area (TPSA) is 25.4 Å². The van der Waals surface area contributed by atoms with E-state index >= 15 is 0 Å². The zero-order chi connectivity index (χ0) is 18.3. The second kappa shape index (κ2) is 9.16. The van der Waals surface area contributed by atoms with E-state index in [-0.39, 0.29) is 0 Å². The molecule has 3 nitrogen and oxygen atoms in total. The standard InChI is InChI=1S/C23H26N2OS/c1-3-8-20(9-4-1)23-24-22(18-27-23)19-10-12-21(13-11-19)26-17-7-16-25-14-5-2-6-15-25/h1,3-4,8-13,18H,2,5-7,14-17H2. The van der Waals surface area contributed by atoms with Crippen LogP contribution < -0.4 is 4.74 Å². The molecule has 0 atom stereocenters. The largest absolute Gasteiger partial charge is 0.494 e. The third kappa shape index (κ3) is 4.96. The molecule has 1 aliphatic heterocycles. The molecular weight excluding hydrogens is 352 g/mol. The van der Waals surface area contributed by atoms with Gasteiger partial charge in [-0.3, -0.25) is 0 Å². The number of ether oxygens (including phenoxy) is 1. The molecule has 0 radical (unpaired) electrons. The molecule has 2 heterocycles. The Bertz CT molecular complexity index is 823. The average molecular weight is 379 g/mol. The minimum absolute atomic E-state index is 0.782. The van der Waals surface area contributed by atoms with E-state index in [2.05, 4.69) is 46.7 Å². The first-order valence-electron chi connectivity index (χ1n) is 9.85. The predicted molar refractivity (Wildman–Crippen MR) is 113 cm³/mol. The fourth-order valence-electron chi connectivity index (χ4n) is 3.50. The number of hydrogen-bond acceptors (Lipinski definition) is 4. The molecule has 140 valence electrons. The number of rotatable bonds is 7. The molecule has 1 aliphatic rings. The van der Waals surface area contributed by atoms with Crippen molar-refractivity contribution in [2.24, 2.45) is 0 Å². The van der Waals surface area contributed by atoms with Gasteiger partial charge in [0, 0.05) is 23.1 Å². The van der Waals surface area contributed by atoms with Crippen LogP contribution in [0.2, 0.25) is 0 Å². The third-order valence-electron chi connectivity index (χ3n) is 5.01. The van der Waals surface area contributed by atoms with Crippen LogP contribution in [0.1, 0.15) is 25.7 Å². The first-order valence-corrected chi connectivity index (χ1v) is 10.7. The molecule has 0 bridgehead atoms. The number of nitrogens with zero attached hydrogens (tertiary/aromatic N) is 2. The smallest absolute Gasteiger partial charge is 0.124 e. The van der Waals surface area contributed by atoms with Crippen LogP contribution in [0.15, 0.2) is 60.0 Å². The Balaban J connectivity index is 1.29. The zero-order valence-electron chi connectivity index (χ0n) is 15.6. The summed E-state index contributed by atoms with van der Waals surface area (Å²) in [5.41, 5.74) is 3.33. The van der Waals surface area contributed by atoms with Gasteiger partial charge in [-0.15, -0.1) is 11.3 Å². The lowest BCUT2D eigenvalue weighted by Gasteiger charge is -2.26. The lowest BCUT2D eigenvalue weighted by atomic mass is 10.1. The minimum atomic E-state index is 0.782. The normalized spacial score (nSPS) is 15.0. The first-order chi connectivity index (χ1) is 13.4. The first kappa shape index (κ1) is 18.2. The Hall–Kier alpha value is -2.17. The highest BCUT2D eigenvalue weighted by Crippen LogP contribution is 2.29. The van der Waals surface area contributed by atoms with E-state index in [1.54, 1.807) is 11.3 Å². The zero-order valence-corrected chi connectivity index (χ0v) is 16.5. The fraction of sp³-hybridized carbons (Fsp3) is 0.348. The van der Waals surface area contributed by atoms with Crippen molar-refractivity contribution in [2.45, 2.75) is 25.7 Å². The molecule has 1 fully saturated rings. The van der Waals surface area contributed by atoms with Crippen LogP contribution in [-0.4, -0.2) is 36.1 Å². The minimum Gasteiger partial charge on any atom is -0.494 e. The maximum atomic E-state index is 5.92. The highest BCUT2D eigenvalue weighted by atomic mass is 32.1.